The van der Waals surface area contributed by atoms with Crippen molar-refractivity contribution in [2.75, 3.05) is 7.11 Å². The molecule has 28 heavy (non-hydrogen) atoms. The second kappa shape index (κ2) is 6.57. The first kappa shape index (κ1) is 18.4. The Morgan fingerprint density at radius 3 is 2.57 bits per heavy atom. The molecule has 7 nitrogen and oxygen atoms in total. The molecule has 1 atom stereocenters. The number of nitrogens with two attached hydrogens (primary N) is 1. The minimum atomic E-state index is -4.23. The van der Waals surface area contributed by atoms with Crippen LogP contribution < -0.4 is 5.14 Å². The van der Waals surface area contributed by atoms with Crippen molar-refractivity contribution in [3.63, 3.8) is 0 Å². The monoisotopic (exact) mass is 404 g/mol. The highest BCUT2D eigenvalue weighted by molar-refractivity contribution is 7.89. The van der Waals surface area contributed by atoms with Crippen LogP contribution in [0.15, 0.2) is 40.5 Å². The van der Waals surface area contributed by atoms with Crippen molar-refractivity contribution < 1.29 is 21.9 Å². The molecule has 10 heteroatoms. The molecular weight excluding hydrogens is 390 g/mol. The van der Waals surface area contributed by atoms with E-state index in [1.54, 1.807) is 12.2 Å². The van der Waals surface area contributed by atoms with Gasteiger partial charge in [-0.25, -0.2) is 37.3 Å². The van der Waals surface area contributed by atoms with E-state index in [2.05, 4.69) is 15.0 Å². The molecule has 0 amide bonds. The molecule has 2 N–H and O–H groups in total. The molecule has 1 aliphatic carbocycles. The summed E-state index contributed by atoms with van der Waals surface area (Å²) in [5.41, 5.74) is 2.07. The third-order valence-electron chi connectivity index (χ3n) is 4.54. The predicted octanol–water partition coefficient (Wildman–Crippen LogP) is 1.83. The van der Waals surface area contributed by atoms with Gasteiger partial charge in [0.05, 0.1) is 29.4 Å². The van der Waals surface area contributed by atoms with Gasteiger partial charge in [0.25, 0.3) is 0 Å². The van der Waals surface area contributed by atoms with Crippen LogP contribution in [0.4, 0.5) is 8.78 Å². The van der Waals surface area contributed by atoms with E-state index < -0.39 is 26.6 Å². The molecule has 1 aliphatic heterocycles. The van der Waals surface area contributed by atoms with Gasteiger partial charge < -0.3 is 4.74 Å². The van der Waals surface area contributed by atoms with Gasteiger partial charge in [0, 0.05) is 23.6 Å². The number of sulfonamides is 1. The van der Waals surface area contributed by atoms with E-state index in [1.807, 2.05) is 6.08 Å². The first-order chi connectivity index (χ1) is 13.3. The molecule has 1 aromatic heterocycles. The van der Waals surface area contributed by atoms with Gasteiger partial charge in [-0.2, -0.15) is 0 Å². The number of rotatable bonds is 3. The zero-order valence-corrected chi connectivity index (χ0v) is 15.4. The Bertz CT molecular complexity index is 1170. The van der Waals surface area contributed by atoms with E-state index in [0.717, 1.165) is 5.57 Å². The van der Waals surface area contributed by atoms with Crippen molar-refractivity contribution in [1.29, 1.82) is 0 Å². The number of aliphatic imine (C=N–C) groups is 1. The van der Waals surface area contributed by atoms with Crippen molar-refractivity contribution >= 4 is 27.6 Å². The highest BCUT2D eigenvalue weighted by Crippen LogP contribution is 2.36. The van der Waals surface area contributed by atoms with Gasteiger partial charge in [0.15, 0.2) is 0 Å². The van der Waals surface area contributed by atoms with Crippen molar-refractivity contribution in [3.8, 4) is 0 Å². The molecule has 144 valence electrons. The average Bonchev–Trinajstić information content (AvgIpc) is 3.07. The van der Waals surface area contributed by atoms with Crippen LogP contribution in [0.25, 0.3) is 11.6 Å². The molecule has 2 aromatic rings. The Kier molecular flexibility index (Phi) is 4.31. The highest BCUT2D eigenvalue weighted by Gasteiger charge is 2.29. The molecule has 4 rings (SSSR count). The standard InChI is InChI=1S/C18H14F2N4O3S/c1-27-17-7-11-14(24-17)2-3-15-18(11)16(23-8-22-15)6-10-12(19)4-9(5-13(10)20)28(21,25)26/h2-5,7-8,14H,6H2,1H3,(H2,21,25,26). The summed E-state index contributed by atoms with van der Waals surface area (Å²) in [6.45, 7) is 0. The summed E-state index contributed by atoms with van der Waals surface area (Å²) < 4.78 is 56.8. The fourth-order valence-electron chi connectivity index (χ4n) is 3.22. The lowest BCUT2D eigenvalue weighted by molar-refractivity contribution is 0.406. The number of halogens is 2. The Morgan fingerprint density at radius 2 is 1.93 bits per heavy atom. The smallest absolute Gasteiger partial charge is 0.238 e. The summed E-state index contributed by atoms with van der Waals surface area (Å²) in [7, 11) is -2.73. The van der Waals surface area contributed by atoms with Crippen molar-refractivity contribution in [2.45, 2.75) is 17.4 Å². The second-order valence-corrected chi connectivity index (χ2v) is 7.80. The summed E-state index contributed by atoms with van der Waals surface area (Å²) in [5.74, 6) is -1.61. The lowest BCUT2D eigenvalue weighted by Crippen LogP contribution is -2.15. The molecule has 1 unspecified atom stereocenters. The van der Waals surface area contributed by atoms with Gasteiger partial charge in [-0.05, 0) is 23.8 Å². The number of hydrogen-bond acceptors (Lipinski definition) is 6. The molecular formula is C18H14F2N4O3S. The van der Waals surface area contributed by atoms with Crippen LogP contribution in [0.5, 0.6) is 0 Å². The normalized spacial score (nSPS) is 17.6. The first-order valence-corrected chi connectivity index (χ1v) is 9.69. The van der Waals surface area contributed by atoms with E-state index in [-0.39, 0.29) is 18.0 Å². The number of ether oxygens (including phenoxy) is 1. The zero-order chi connectivity index (χ0) is 20.1. The molecule has 0 fully saturated rings. The van der Waals surface area contributed by atoms with E-state index in [4.69, 9.17) is 9.88 Å². The summed E-state index contributed by atoms with van der Waals surface area (Å²) in [6, 6.07) is 1.11. The number of nitrogens with zero attached hydrogens (tertiary/aromatic N) is 3. The SMILES string of the molecule is COC1=NC2C=Cc3ncnc(Cc4c(F)cc(S(N)(=O)=O)cc4F)c3C2=C1. The van der Waals surface area contributed by atoms with Crippen LogP contribution in [0.2, 0.25) is 0 Å². The van der Waals surface area contributed by atoms with Gasteiger partial charge in [-0.1, -0.05) is 6.08 Å². The third kappa shape index (κ3) is 3.10. The van der Waals surface area contributed by atoms with Crippen LogP contribution in [0, 0.1) is 11.6 Å². The molecule has 2 heterocycles. The Labute approximate surface area is 159 Å². The second-order valence-electron chi connectivity index (χ2n) is 6.24. The fraction of sp³-hybridized carbons (Fsp3) is 0.167. The lowest BCUT2D eigenvalue weighted by Gasteiger charge is -2.19. The first-order valence-electron chi connectivity index (χ1n) is 8.14. The summed E-state index contributed by atoms with van der Waals surface area (Å²) in [5, 5.41) is 4.95. The van der Waals surface area contributed by atoms with Gasteiger partial charge in [0.1, 0.15) is 18.0 Å². The minimum Gasteiger partial charge on any atom is -0.481 e. The molecule has 0 radical (unpaired) electrons. The largest absolute Gasteiger partial charge is 0.481 e. The quantitative estimate of drug-likeness (QED) is 0.840. The maximum Gasteiger partial charge on any atom is 0.238 e. The van der Waals surface area contributed by atoms with E-state index >= 15 is 0 Å². The van der Waals surface area contributed by atoms with Gasteiger partial charge in [-0.15, -0.1) is 0 Å². The minimum absolute atomic E-state index is 0.201. The van der Waals surface area contributed by atoms with E-state index in [1.165, 1.54) is 13.4 Å². The topological polar surface area (TPSA) is 108 Å². The third-order valence-corrected chi connectivity index (χ3v) is 5.43. The zero-order valence-electron chi connectivity index (χ0n) is 14.6. The Hall–Kier alpha value is -2.98. The van der Waals surface area contributed by atoms with E-state index in [9.17, 15) is 17.2 Å². The molecule has 0 saturated carbocycles. The molecule has 0 bridgehead atoms. The maximum atomic E-state index is 14.5. The number of hydrogen-bond donors (Lipinski definition) is 1. The predicted molar refractivity (Wildman–Crippen MR) is 97.8 cm³/mol. The van der Waals surface area contributed by atoms with Gasteiger partial charge in [0.2, 0.25) is 15.9 Å². The number of methoxy groups -OCH3 is 1. The van der Waals surface area contributed by atoms with Gasteiger partial charge in [-0.3, -0.25) is 0 Å². The molecule has 2 aliphatic rings. The number of fused-ring (bicyclic) bond motifs is 3. The van der Waals surface area contributed by atoms with Crippen LogP contribution in [-0.2, 0) is 21.2 Å². The van der Waals surface area contributed by atoms with Gasteiger partial charge >= 0.3 is 0 Å². The van der Waals surface area contributed by atoms with Crippen LogP contribution in [0.3, 0.4) is 0 Å². The number of primary sulfonamides is 1. The van der Waals surface area contributed by atoms with Crippen LogP contribution in [0.1, 0.15) is 22.5 Å². The number of aromatic nitrogens is 2. The Balaban J connectivity index is 1.79. The van der Waals surface area contributed by atoms with Crippen molar-refractivity contribution in [2.24, 2.45) is 10.1 Å². The molecule has 0 saturated heterocycles. The number of benzene rings is 1. The van der Waals surface area contributed by atoms with Crippen LogP contribution >= 0.6 is 0 Å². The maximum absolute atomic E-state index is 14.5. The molecule has 1 aromatic carbocycles. The summed E-state index contributed by atoms with van der Waals surface area (Å²) in [6.07, 6.45) is 6.45. The summed E-state index contributed by atoms with van der Waals surface area (Å²) in [4.78, 5) is 12.2. The highest BCUT2D eigenvalue weighted by atomic mass is 32.2. The molecule has 0 spiro atoms. The fourth-order valence-corrected chi connectivity index (χ4v) is 3.75. The average molecular weight is 404 g/mol. The van der Waals surface area contributed by atoms with Crippen molar-refractivity contribution in [1.82, 2.24) is 9.97 Å². The van der Waals surface area contributed by atoms with Crippen LogP contribution in [-0.4, -0.2) is 37.4 Å². The lowest BCUT2D eigenvalue weighted by atomic mass is 9.90. The summed E-state index contributed by atoms with van der Waals surface area (Å²) >= 11 is 0. The van der Waals surface area contributed by atoms with E-state index in [0.29, 0.717) is 35.0 Å². The van der Waals surface area contributed by atoms with Crippen molar-refractivity contribution in [3.05, 3.63) is 64.8 Å². The Morgan fingerprint density at radius 1 is 1.21 bits per heavy atom.